The summed E-state index contributed by atoms with van der Waals surface area (Å²) in [6.07, 6.45) is 1.24. The normalized spacial score (nSPS) is 18.0. The van der Waals surface area contributed by atoms with E-state index in [9.17, 15) is 9.59 Å². The van der Waals surface area contributed by atoms with Gasteiger partial charge in [-0.15, -0.1) is 0 Å². The van der Waals surface area contributed by atoms with Gasteiger partial charge in [-0.2, -0.15) is 0 Å². The number of nitrogens with one attached hydrogen (secondary N) is 2. The second kappa shape index (κ2) is 6.33. The van der Waals surface area contributed by atoms with Gasteiger partial charge in [-0.05, 0) is 37.2 Å². The lowest BCUT2D eigenvalue weighted by Crippen LogP contribution is -2.33. The van der Waals surface area contributed by atoms with Gasteiger partial charge >= 0.3 is 6.03 Å². The van der Waals surface area contributed by atoms with Gasteiger partial charge in [-0.1, -0.05) is 18.2 Å². The number of benzene rings is 1. The Balaban J connectivity index is 1.94. The molecule has 3 amide bonds. The highest BCUT2D eigenvalue weighted by molar-refractivity contribution is 7.80. The minimum Gasteiger partial charge on any atom is -0.352 e. The molecule has 0 aromatic heterocycles. The van der Waals surface area contributed by atoms with Crippen molar-refractivity contribution in [2.45, 2.75) is 18.9 Å². The Hall–Kier alpha value is -2.15. The van der Waals surface area contributed by atoms with Gasteiger partial charge in [-0.25, -0.2) is 4.79 Å². The first-order chi connectivity index (χ1) is 9.59. The van der Waals surface area contributed by atoms with Crippen LogP contribution in [0.3, 0.4) is 0 Å². The number of amides is 3. The number of thiocarbonyl (C=S) groups is 1. The summed E-state index contributed by atoms with van der Waals surface area (Å²) in [5.41, 5.74) is 5.73. The summed E-state index contributed by atoms with van der Waals surface area (Å²) in [4.78, 5) is 24.4. The van der Waals surface area contributed by atoms with Crippen LogP contribution in [-0.4, -0.2) is 29.6 Å². The molecule has 0 spiro atoms. The van der Waals surface area contributed by atoms with E-state index in [0.717, 1.165) is 5.69 Å². The van der Waals surface area contributed by atoms with Crippen LogP contribution >= 0.6 is 12.2 Å². The zero-order valence-electron chi connectivity index (χ0n) is 10.8. The molecule has 0 unspecified atom stereocenters. The molecule has 1 heterocycles. The molecule has 0 saturated carbocycles. The lowest BCUT2D eigenvalue weighted by molar-refractivity contribution is -0.118. The van der Waals surface area contributed by atoms with Gasteiger partial charge in [0.05, 0.1) is 5.69 Å². The zero-order chi connectivity index (χ0) is 14.5. The van der Waals surface area contributed by atoms with E-state index >= 15 is 0 Å². The summed E-state index contributed by atoms with van der Waals surface area (Å²) in [5, 5.41) is 5.91. The van der Waals surface area contributed by atoms with E-state index in [2.05, 4.69) is 10.6 Å². The molecule has 1 fully saturated rings. The number of nitrogens with two attached hydrogens (primary N) is 1. The van der Waals surface area contributed by atoms with Crippen molar-refractivity contribution < 1.29 is 9.59 Å². The SMILES string of the molecule is NC(=O)NCCC[C@H]1NC(=S)N(c2ccccc2)C1=O. The summed E-state index contributed by atoms with van der Waals surface area (Å²) < 4.78 is 0. The van der Waals surface area contributed by atoms with Crippen LogP contribution in [0.4, 0.5) is 10.5 Å². The van der Waals surface area contributed by atoms with E-state index in [1.165, 1.54) is 4.90 Å². The van der Waals surface area contributed by atoms with Crippen LogP contribution in [0.2, 0.25) is 0 Å². The Morgan fingerprint density at radius 2 is 2.10 bits per heavy atom. The van der Waals surface area contributed by atoms with Crippen molar-refractivity contribution in [3.63, 3.8) is 0 Å². The van der Waals surface area contributed by atoms with Gasteiger partial charge in [-0.3, -0.25) is 9.69 Å². The van der Waals surface area contributed by atoms with E-state index < -0.39 is 6.03 Å². The van der Waals surface area contributed by atoms with Crippen molar-refractivity contribution in [2.75, 3.05) is 11.4 Å². The highest BCUT2D eigenvalue weighted by atomic mass is 32.1. The minimum absolute atomic E-state index is 0.0692. The molecular formula is C13H16N4O2S. The van der Waals surface area contributed by atoms with Crippen molar-refractivity contribution in [2.24, 2.45) is 5.73 Å². The Morgan fingerprint density at radius 3 is 2.75 bits per heavy atom. The monoisotopic (exact) mass is 292 g/mol. The van der Waals surface area contributed by atoms with Crippen molar-refractivity contribution in [3.05, 3.63) is 30.3 Å². The molecular weight excluding hydrogens is 276 g/mol. The molecule has 106 valence electrons. The van der Waals surface area contributed by atoms with Gasteiger partial charge in [0.1, 0.15) is 6.04 Å². The first kappa shape index (κ1) is 14.3. The quantitative estimate of drug-likeness (QED) is 0.551. The molecule has 1 aromatic rings. The first-order valence-electron chi connectivity index (χ1n) is 6.32. The molecule has 20 heavy (non-hydrogen) atoms. The highest BCUT2D eigenvalue weighted by Gasteiger charge is 2.35. The minimum atomic E-state index is -0.558. The number of urea groups is 1. The second-order valence-corrected chi connectivity index (χ2v) is 4.83. The fourth-order valence-corrected chi connectivity index (χ4v) is 2.40. The molecule has 1 aliphatic rings. The summed E-state index contributed by atoms with van der Waals surface area (Å²) in [5.74, 6) is -0.0692. The number of carbonyl (C=O) groups excluding carboxylic acids is 2. The molecule has 1 aliphatic heterocycles. The molecule has 1 atom stereocenters. The van der Waals surface area contributed by atoms with Crippen molar-refractivity contribution >= 4 is 35.0 Å². The van der Waals surface area contributed by atoms with Crippen molar-refractivity contribution in [1.29, 1.82) is 0 Å². The molecule has 0 radical (unpaired) electrons. The molecule has 7 heteroatoms. The fraction of sp³-hybridized carbons (Fsp3) is 0.308. The third-order valence-electron chi connectivity index (χ3n) is 3.00. The summed E-state index contributed by atoms with van der Waals surface area (Å²) in [7, 11) is 0. The third-order valence-corrected chi connectivity index (χ3v) is 3.30. The van der Waals surface area contributed by atoms with E-state index in [4.69, 9.17) is 18.0 Å². The van der Waals surface area contributed by atoms with E-state index in [1.54, 1.807) is 0 Å². The van der Waals surface area contributed by atoms with E-state index in [0.29, 0.717) is 24.5 Å². The van der Waals surface area contributed by atoms with Gasteiger partial charge in [0, 0.05) is 6.54 Å². The maximum atomic E-state index is 12.3. The molecule has 4 N–H and O–H groups in total. The Morgan fingerprint density at radius 1 is 1.40 bits per heavy atom. The molecule has 1 aromatic carbocycles. The lowest BCUT2D eigenvalue weighted by Gasteiger charge is -2.14. The van der Waals surface area contributed by atoms with Crippen LogP contribution in [-0.2, 0) is 4.79 Å². The predicted molar refractivity (Wildman–Crippen MR) is 80.3 cm³/mol. The lowest BCUT2D eigenvalue weighted by atomic mass is 10.1. The molecule has 0 bridgehead atoms. The number of anilines is 1. The average Bonchev–Trinajstić information content (AvgIpc) is 2.70. The Kier molecular flexibility index (Phi) is 4.52. The Bertz CT molecular complexity index is 520. The molecule has 1 saturated heterocycles. The van der Waals surface area contributed by atoms with Crippen LogP contribution in [0.1, 0.15) is 12.8 Å². The van der Waals surface area contributed by atoms with Crippen LogP contribution < -0.4 is 21.3 Å². The van der Waals surface area contributed by atoms with Crippen LogP contribution in [0.15, 0.2) is 30.3 Å². The maximum absolute atomic E-state index is 12.3. The third kappa shape index (κ3) is 3.24. The van der Waals surface area contributed by atoms with Gasteiger partial charge < -0.3 is 16.4 Å². The average molecular weight is 292 g/mol. The standard InChI is InChI=1S/C13H16N4O2S/c14-12(19)15-8-4-7-10-11(18)17(13(20)16-10)9-5-2-1-3-6-9/h1-3,5-6,10H,4,7-8H2,(H,16,20)(H3,14,15,19)/t10-/m1/s1. The summed E-state index contributed by atoms with van der Waals surface area (Å²) in [6, 6.07) is 8.36. The number of carbonyl (C=O) groups is 2. The van der Waals surface area contributed by atoms with Crippen molar-refractivity contribution in [3.8, 4) is 0 Å². The number of primary amides is 1. The number of nitrogens with zero attached hydrogens (tertiary/aromatic N) is 1. The number of hydrogen-bond acceptors (Lipinski definition) is 3. The summed E-state index contributed by atoms with van der Waals surface area (Å²) >= 11 is 5.20. The van der Waals surface area contributed by atoms with E-state index in [1.807, 2.05) is 30.3 Å². The second-order valence-electron chi connectivity index (χ2n) is 4.44. The van der Waals surface area contributed by atoms with Crippen LogP contribution in [0.25, 0.3) is 0 Å². The Labute approximate surface area is 122 Å². The smallest absolute Gasteiger partial charge is 0.312 e. The van der Waals surface area contributed by atoms with Crippen molar-refractivity contribution in [1.82, 2.24) is 10.6 Å². The predicted octanol–water partition coefficient (Wildman–Crippen LogP) is 0.725. The maximum Gasteiger partial charge on any atom is 0.312 e. The largest absolute Gasteiger partial charge is 0.352 e. The van der Waals surface area contributed by atoms with Gasteiger partial charge in [0.25, 0.3) is 5.91 Å². The van der Waals surface area contributed by atoms with E-state index in [-0.39, 0.29) is 11.9 Å². The first-order valence-corrected chi connectivity index (χ1v) is 6.73. The number of hydrogen-bond donors (Lipinski definition) is 3. The van der Waals surface area contributed by atoms with Gasteiger partial charge in [0.15, 0.2) is 5.11 Å². The summed E-state index contributed by atoms with van der Waals surface area (Å²) in [6.45, 7) is 0.443. The van der Waals surface area contributed by atoms with Gasteiger partial charge in [0.2, 0.25) is 0 Å². The van der Waals surface area contributed by atoms with Crippen LogP contribution in [0.5, 0.6) is 0 Å². The number of rotatable bonds is 5. The molecule has 2 rings (SSSR count). The fourth-order valence-electron chi connectivity index (χ4n) is 2.07. The molecule has 6 nitrogen and oxygen atoms in total. The zero-order valence-corrected chi connectivity index (χ0v) is 11.7. The molecule has 0 aliphatic carbocycles. The van der Waals surface area contributed by atoms with Crippen LogP contribution in [0, 0.1) is 0 Å². The number of para-hydroxylation sites is 1. The topological polar surface area (TPSA) is 87.5 Å². The highest BCUT2D eigenvalue weighted by Crippen LogP contribution is 2.20.